The van der Waals surface area contributed by atoms with Crippen molar-refractivity contribution in [2.45, 2.75) is 6.04 Å². The second-order valence-corrected chi connectivity index (χ2v) is 6.32. The maximum atomic E-state index is 13.7. The molecule has 1 heterocycles. The number of nitrogens with one attached hydrogen (secondary N) is 2. The zero-order valence-electron chi connectivity index (χ0n) is 12.2. The predicted molar refractivity (Wildman–Crippen MR) is 98.4 cm³/mol. The summed E-state index contributed by atoms with van der Waals surface area (Å²) in [7, 11) is 0. The highest BCUT2D eigenvalue weighted by molar-refractivity contribution is 7.80. The van der Waals surface area contributed by atoms with Gasteiger partial charge in [-0.25, -0.2) is 4.39 Å². The van der Waals surface area contributed by atoms with E-state index >= 15 is 0 Å². The molecule has 0 aliphatic heterocycles. The van der Waals surface area contributed by atoms with Gasteiger partial charge in [0.25, 0.3) is 0 Å². The molecule has 0 fully saturated rings. The van der Waals surface area contributed by atoms with Gasteiger partial charge in [-0.2, -0.15) is 0 Å². The third-order valence-corrected chi connectivity index (χ3v) is 4.52. The lowest BCUT2D eigenvalue weighted by molar-refractivity contribution is 0.632. The van der Waals surface area contributed by atoms with Gasteiger partial charge in [0.15, 0.2) is 5.11 Å². The summed E-state index contributed by atoms with van der Waals surface area (Å²) in [5.74, 6) is -0.330. The van der Waals surface area contributed by atoms with Crippen LogP contribution >= 0.6 is 23.6 Å². The summed E-state index contributed by atoms with van der Waals surface area (Å²) < 4.78 is 13.7. The highest BCUT2D eigenvalue weighted by Gasteiger charge is 2.16. The molecule has 2 aromatic carbocycles. The van der Waals surface area contributed by atoms with Crippen LogP contribution in [-0.2, 0) is 0 Å². The molecule has 0 unspecified atom stereocenters. The largest absolute Gasteiger partial charge is 0.351 e. The molecular weight excluding hydrogens is 327 g/mol. The standard InChI is InChI=1S/C18H15FN2S2/c19-14-9-4-5-10-15(14)20-18(22)21-17(16-11-6-12-23-16)13-7-2-1-3-8-13/h1-12,17H,(H2,20,21,22)/t17-/m0/s1. The molecule has 2 nitrogen and oxygen atoms in total. The Labute approximate surface area is 144 Å². The van der Waals surface area contributed by atoms with Gasteiger partial charge in [-0.1, -0.05) is 48.5 Å². The van der Waals surface area contributed by atoms with Gasteiger partial charge in [-0.15, -0.1) is 11.3 Å². The van der Waals surface area contributed by atoms with Crippen molar-refractivity contribution in [3.05, 3.63) is 88.4 Å². The first-order chi connectivity index (χ1) is 11.2. The number of hydrogen-bond donors (Lipinski definition) is 2. The van der Waals surface area contributed by atoms with E-state index in [4.69, 9.17) is 12.2 Å². The summed E-state index contributed by atoms with van der Waals surface area (Å²) in [6.45, 7) is 0. The third kappa shape index (κ3) is 3.94. The monoisotopic (exact) mass is 342 g/mol. The van der Waals surface area contributed by atoms with Crippen LogP contribution in [0.4, 0.5) is 10.1 Å². The SMILES string of the molecule is Fc1ccccc1NC(=S)N[C@@H](c1ccccc1)c1cccs1. The van der Waals surface area contributed by atoms with Crippen molar-refractivity contribution in [2.24, 2.45) is 0 Å². The van der Waals surface area contributed by atoms with Crippen molar-refractivity contribution in [3.8, 4) is 0 Å². The van der Waals surface area contributed by atoms with Gasteiger partial charge in [-0.3, -0.25) is 0 Å². The molecule has 0 saturated heterocycles. The molecule has 0 radical (unpaired) electrons. The first-order valence-corrected chi connectivity index (χ1v) is 8.43. The van der Waals surface area contributed by atoms with Crippen molar-refractivity contribution in [1.82, 2.24) is 5.32 Å². The smallest absolute Gasteiger partial charge is 0.171 e. The number of thiocarbonyl (C=S) groups is 1. The first kappa shape index (κ1) is 15.6. The quantitative estimate of drug-likeness (QED) is 0.655. The Kier molecular flexibility index (Phi) is 5.00. The van der Waals surface area contributed by atoms with Crippen molar-refractivity contribution < 1.29 is 4.39 Å². The molecular formula is C18H15FN2S2. The molecule has 0 aliphatic rings. The minimum Gasteiger partial charge on any atom is -0.351 e. The Balaban J connectivity index is 1.79. The lowest BCUT2D eigenvalue weighted by Gasteiger charge is -2.20. The van der Waals surface area contributed by atoms with E-state index in [0.717, 1.165) is 10.4 Å². The Morgan fingerprint density at radius 1 is 0.957 bits per heavy atom. The molecule has 23 heavy (non-hydrogen) atoms. The van der Waals surface area contributed by atoms with E-state index in [2.05, 4.69) is 16.7 Å². The average Bonchev–Trinajstić information content (AvgIpc) is 3.10. The van der Waals surface area contributed by atoms with Gasteiger partial charge in [0.05, 0.1) is 11.7 Å². The highest BCUT2D eigenvalue weighted by Crippen LogP contribution is 2.26. The van der Waals surface area contributed by atoms with E-state index in [1.165, 1.54) is 6.07 Å². The molecule has 1 aromatic heterocycles. The van der Waals surface area contributed by atoms with Gasteiger partial charge in [0.2, 0.25) is 0 Å². The van der Waals surface area contributed by atoms with E-state index in [9.17, 15) is 4.39 Å². The molecule has 2 N–H and O–H groups in total. The van der Waals surface area contributed by atoms with Gasteiger partial charge < -0.3 is 10.6 Å². The molecule has 5 heteroatoms. The summed E-state index contributed by atoms with van der Waals surface area (Å²) in [6.07, 6.45) is 0. The van der Waals surface area contributed by atoms with Gasteiger partial charge >= 0.3 is 0 Å². The predicted octanol–water partition coefficient (Wildman–Crippen LogP) is 4.96. The van der Waals surface area contributed by atoms with Gasteiger partial charge in [-0.05, 0) is 41.4 Å². The lowest BCUT2D eigenvalue weighted by Crippen LogP contribution is -2.32. The Morgan fingerprint density at radius 2 is 1.70 bits per heavy atom. The zero-order valence-corrected chi connectivity index (χ0v) is 13.8. The van der Waals surface area contributed by atoms with Gasteiger partial charge in [0, 0.05) is 4.88 Å². The molecule has 3 aromatic rings. The number of anilines is 1. The number of halogens is 1. The van der Waals surface area contributed by atoms with Crippen molar-refractivity contribution >= 4 is 34.4 Å². The fourth-order valence-corrected chi connectivity index (χ4v) is 3.30. The normalized spacial score (nSPS) is 11.7. The first-order valence-electron chi connectivity index (χ1n) is 7.14. The second-order valence-electron chi connectivity index (χ2n) is 4.94. The fourth-order valence-electron chi connectivity index (χ4n) is 2.27. The van der Waals surface area contributed by atoms with Crippen LogP contribution in [0.3, 0.4) is 0 Å². The van der Waals surface area contributed by atoms with E-state index in [0.29, 0.717) is 10.8 Å². The molecule has 0 bridgehead atoms. The van der Waals surface area contributed by atoms with Crippen LogP contribution in [0.2, 0.25) is 0 Å². The molecule has 0 spiro atoms. The topological polar surface area (TPSA) is 24.1 Å². The second kappa shape index (κ2) is 7.35. The summed E-state index contributed by atoms with van der Waals surface area (Å²) in [4.78, 5) is 1.15. The van der Waals surface area contributed by atoms with Crippen LogP contribution in [-0.4, -0.2) is 5.11 Å². The molecule has 0 aliphatic carbocycles. The average molecular weight is 342 g/mol. The number of benzene rings is 2. The molecule has 3 rings (SSSR count). The maximum absolute atomic E-state index is 13.7. The molecule has 116 valence electrons. The molecule has 0 amide bonds. The Bertz CT molecular complexity index is 773. The minimum absolute atomic E-state index is 0.0667. The summed E-state index contributed by atoms with van der Waals surface area (Å²) in [5, 5.41) is 8.61. The van der Waals surface area contributed by atoms with E-state index in [-0.39, 0.29) is 11.9 Å². The summed E-state index contributed by atoms with van der Waals surface area (Å²) in [5.41, 5.74) is 1.47. The number of thiophene rings is 1. The molecule has 0 saturated carbocycles. The zero-order chi connectivity index (χ0) is 16.1. The van der Waals surface area contributed by atoms with Crippen LogP contribution < -0.4 is 10.6 Å². The van der Waals surface area contributed by atoms with Crippen molar-refractivity contribution in [1.29, 1.82) is 0 Å². The van der Waals surface area contributed by atoms with E-state index < -0.39 is 0 Å². The van der Waals surface area contributed by atoms with Crippen LogP contribution in [0.5, 0.6) is 0 Å². The minimum atomic E-state index is -0.330. The summed E-state index contributed by atoms with van der Waals surface area (Å²) >= 11 is 7.01. The van der Waals surface area contributed by atoms with Crippen molar-refractivity contribution in [2.75, 3.05) is 5.32 Å². The number of hydrogen-bond acceptors (Lipinski definition) is 2. The van der Waals surface area contributed by atoms with Crippen molar-refractivity contribution in [3.63, 3.8) is 0 Å². The third-order valence-electron chi connectivity index (χ3n) is 3.36. The Morgan fingerprint density at radius 3 is 2.39 bits per heavy atom. The number of rotatable bonds is 4. The summed E-state index contributed by atoms with van der Waals surface area (Å²) in [6, 6.07) is 20.5. The highest BCUT2D eigenvalue weighted by atomic mass is 32.1. The van der Waals surface area contributed by atoms with E-state index in [1.807, 2.05) is 41.8 Å². The van der Waals surface area contributed by atoms with Crippen LogP contribution in [0.25, 0.3) is 0 Å². The van der Waals surface area contributed by atoms with Gasteiger partial charge in [0.1, 0.15) is 5.82 Å². The van der Waals surface area contributed by atoms with Crippen LogP contribution in [0, 0.1) is 5.82 Å². The number of para-hydroxylation sites is 1. The van der Waals surface area contributed by atoms with Crippen LogP contribution in [0.15, 0.2) is 72.1 Å². The molecule has 1 atom stereocenters. The fraction of sp³-hybridized carbons (Fsp3) is 0.0556. The Hall–Kier alpha value is -2.24. The van der Waals surface area contributed by atoms with Crippen LogP contribution in [0.1, 0.15) is 16.5 Å². The van der Waals surface area contributed by atoms with E-state index in [1.54, 1.807) is 29.5 Å². The maximum Gasteiger partial charge on any atom is 0.171 e. The lowest BCUT2D eigenvalue weighted by atomic mass is 10.1.